The number of alkyl halides is 3. The van der Waals surface area contributed by atoms with Gasteiger partial charge in [0.1, 0.15) is 6.10 Å². The SMILES string of the molecule is O=C(C1CC=CCC1)N1CCO[C@H]2[C@H](OCc3ccccn3)CC[C@@H]21.O=C(O)C(F)(F)F. The highest BCUT2D eigenvalue weighted by Crippen LogP contribution is 2.34. The van der Waals surface area contributed by atoms with E-state index in [2.05, 4.69) is 22.0 Å². The van der Waals surface area contributed by atoms with E-state index in [1.54, 1.807) is 6.20 Å². The molecular formula is C22H27F3N2O5. The second-order valence-corrected chi connectivity index (χ2v) is 7.97. The van der Waals surface area contributed by atoms with Crippen LogP contribution in [0, 0.1) is 5.92 Å². The molecule has 1 aromatic rings. The highest BCUT2D eigenvalue weighted by atomic mass is 19.4. The predicted octanol–water partition coefficient (Wildman–Crippen LogP) is 3.35. The van der Waals surface area contributed by atoms with Crippen LogP contribution in [0.3, 0.4) is 0 Å². The molecule has 4 rings (SSSR count). The van der Waals surface area contributed by atoms with E-state index >= 15 is 0 Å². The molecular weight excluding hydrogens is 429 g/mol. The number of pyridine rings is 1. The number of aliphatic carboxylic acids is 1. The van der Waals surface area contributed by atoms with Gasteiger partial charge in [-0.05, 0) is 44.2 Å². The van der Waals surface area contributed by atoms with Gasteiger partial charge in [-0.1, -0.05) is 18.2 Å². The minimum Gasteiger partial charge on any atom is -0.475 e. The van der Waals surface area contributed by atoms with Crippen molar-refractivity contribution < 1.29 is 37.3 Å². The number of morpholine rings is 1. The Kier molecular flexibility index (Phi) is 8.25. The number of rotatable bonds is 4. The van der Waals surface area contributed by atoms with E-state index in [9.17, 15) is 18.0 Å². The number of fused-ring (bicyclic) bond motifs is 1. The second-order valence-electron chi connectivity index (χ2n) is 7.97. The number of hydrogen-bond acceptors (Lipinski definition) is 5. The van der Waals surface area contributed by atoms with Crippen LogP contribution in [0.4, 0.5) is 13.2 Å². The van der Waals surface area contributed by atoms with Crippen molar-refractivity contribution >= 4 is 11.9 Å². The topological polar surface area (TPSA) is 89.0 Å². The quantitative estimate of drug-likeness (QED) is 0.699. The molecule has 1 saturated carbocycles. The van der Waals surface area contributed by atoms with Crippen LogP contribution in [0.15, 0.2) is 36.5 Å². The zero-order chi connectivity index (χ0) is 23.1. The van der Waals surface area contributed by atoms with E-state index in [1.807, 2.05) is 18.2 Å². The molecule has 1 unspecified atom stereocenters. The summed E-state index contributed by atoms with van der Waals surface area (Å²) in [5, 5.41) is 7.12. The molecule has 0 aromatic carbocycles. The van der Waals surface area contributed by atoms with E-state index in [-0.39, 0.29) is 24.2 Å². The van der Waals surface area contributed by atoms with Crippen LogP contribution in [0.5, 0.6) is 0 Å². The van der Waals surface area contributed by atoms with Gasteiger partial charge in [0.2, 0.25) is 5.91 Å². The van der Waals surface area contributed by atoms with Crippen LogP contribution < -0.4 is 0 Å². The number of halogens is 3. The van der Waals surface area contributed by atoms with Gasteiger partial charge in [-0.3, -0.25) is 9.78 Å². The van der Waals surface area contributed by atoms with Gasteiger partial charge >= 0.3 is 12.1 Å². The summed E-state index contributed by atoms with van der Waals surface area (Å²) < 4.78 is 43.8. The summed E-state index contributed by atoms with van der Waals surface area (Å²) in [6.07, 6.45) is 5.87. The first-order valence-electron chi connectivity index (χ1n) is 10.7. The molecule has 1 amide bonds. The van der Waals surface area contributed by atoms with Gasteiger partial charge in [0, 0.05) is 18.7 Å². The fourth-order valence-corrected chi connectivity index (χ4v) is 4.30. The number of carbonyl (C=O) groups is 2. The molecule has 3 aliphatic rings. The van der Waals surface area contributed by atoms with Crippen LogP contribution in [-0.4, -0.2) is 64.4 Å². The number of amides is 1. The van der Waals surface area contributed by atoms with Crippen LogP contribution in [-0.2, 0) is 25.7 Å². The van der Waals surface area contributed by atoms with E-state index < -0.39 is 12.1 Å². The minimum absolute atomic E-state index is 0.000505. The van der Waals surface area contributed by atoms with Crippen LogP contribution in [0.1, 0.15) is 37.8 Å². The molecule has 32 heavy (non-hydrogen) atoms. The third-order valence-corrected chi connectivity index (χ3v) is 5.85. The Balaban J connectivity index is 0.000000360. The summed E-state index contributed by atoms with van der Waals surface area (Å²) in [6.45, 7) is 1.82. The maximum absolute atomic E-state index is 13.0. The normalized spacial score (nSPS) is 27.3. The summed E-state index contributed by atoms with van der Waals surface area (Å²) in [7, 11) is 0. The number of hydrogen-bond donors (Lipinski definition) is 1. The van der Waals surface area contributed by atoms with Crippen molar-refractivity contribution in [2.24, 2.45) is 5.92 Å². The van der Waals surface area contributed by atoms with Crippen molar-refractivity contribution in [2.75, 3.05) is 13.2 Å². The Morgan fingerprint density at radius 3 is 2.62 bits per heavy atom. The van der Waals surface area contributed by atoms with Crippen molar-refractivity contribution in [1.82, 2.24) is 9.88 Å². The first-order chi connectivity index (χ1) is 15.3. The van der Waals surface area contributed by atoms with E-state index in [0.29, 0.717) is 25.7 Å². The number of carboxylic acids is 1. The Labute approximate surface area is 184 Å². The molecule has 2 aliphatic carbocycles. The fraction of sp³-hybridized carbons (Fsp3) is 0.591. The molecule has 1 aliphatic heterocycles. The van der Waals surface area contributed by atoms with Crippen LogP contribution in [0.25, 0.3) is 0 Å². The molecule has 0 radical (unpaired) electrons. The molecule has 2 heterocycles. The lowest BCUT2D eigenvalue weighted by molar-refractivity contribution is -0.192. The smallest absolute Gasteiger partial charge is 0.475 e. The maximum atomic E-state index is 13.0. The van der Waals surface area contributed by atoms with Crippen molar-refractivity contribution in [2.45, 2.75) is 63.1 Å². The molecule has 10 heteroatoms. The third kappa shape index (κ3) is 6.29. The van der Waals surface area contributed by atoms with Gasteiger partial charge in [-0.25, -0.2) is 4.79 Å². The molecule has 7 nitrogen and oxygen atoms in total. The molecule has 2 fully saturated rings. The zero-order valence-electron chi connectivity index (χ0n) is 17.5. The third-order valence-electron chi connectivity index (χ3n) is 5.85. The lowest BCUT2D eigenvalue weighted by Gasteiger charge is -2.40. The van der Waals surface area contributed by atoms with Crippen molar-refractivity contribution in [3.63, 3.8) is 0 Å². The van der Waals surface area contributed by atoms with Gasteiger partial charge in [-0.2, -0.15) is 13.2 Å². The summed E-state index contributed by atoms with van der Waals surface area (Å²) in [5.74, 6) is -2.29. The zero-order valence-corrected chi connectivity index (χ0v) is 17.5. The number of carboxylic acid groups (broad SMARTS) is 1. The lowest BCUT2D eigenvalue weighted by Crippen LogP contribution is -2.55. The average Bonchev–Trinajstić information content (AvgIpc) is 3.21. The summed E-state index contributed by atoms with van der Waals surface area (Å²) in [5.41, 5.74) is 0.934. The molecule has 1 aromatic heterocycles. The van der Waals surface area contributed by atoms with Gasteiger partial charge in [0.25, 0.3) is 0 Å². The summed E-state index contributed by atoms with van der Waals surface area (Å²) in [6, 6.07) is 6.02. The number of allylic oxidation sites excluding steroid dienone is 2. The average molecular weight is 456 g/mol. The molecule has 4 atom stereocenters. The maximum Gasteiger partial charge on any atom is 0.490 e. The van der Waals surface area contributed by atoms with Gasteiger partial charge in [-0.15, -0.1) is 0 Å². The molecule has 0 spiro atoms. The van der Waals surface area contributed by atoms with E-state index in [4.69, 9.17) is 19.4 Å². The molecule has 1 N–H and O–H groups in total. The summed E-state index contributed by atoms with van der Waals surface area (Å²) >= 11 is 0. The first-order valence-corrected chi connectivity index (χ1v) is 10.7. The van der Waals surface area contributed by atoms with Crippen LogP contribution >= 0.6 is 0 Å². The van der Waals surface area contributed by atoms with Crippen molar-refractivity contribution in [3.05, 3.63) is 42.2 Å². The van der Waals surface area contributed by atoms with Gasteiger partial charge in [0.15, 0.2) is 0 Å². The number of aromatic nitrogens is 1. The predicted molar refractivity (Wildman–Crippen MR) is 107 cm³/mol. The first kappa shape index (κ1) is 24.2. The van der Waals surface area contributed by atoms with Crippen molar-refractivity contribution in [3.8, 4) is 0 Å². The monoisotopic (exact) mass is 456 g/mol. The molecule has 0 bridgehead atoms. The largest absolute Gasteiger partial charge is 0.490 e. The molecule has 1 saturated heterocycles. The highest BCUT2D eigenvalue weighted by Gasteiger charge is 2.46. The standard InChI is InChI=1S/C20H26N2O3.C2HF3O2/c23-20(15-6-2-1-3-7-15)22-12-13-24-19-17(22)9-10-18(19)25-14-16-8-4-5-11-21-16;3-2(4,5)1(6)7/h1-2,4-5,8,11,15,17-19H,3,6-7,9-10,12-14H2;(H,6,7)/t15?,17-,18+,19+;/m0./s1. The Bertz CT molecular complexity index is 803. The minimum atomic E-state index is -5.08. The van der Waals surface area contributed by atoms with Crippen molar-refractivity contribution in [1.29, 1.82) is 0 Å². The second kappa shape index (κ2) is 10.9. The number of carbonyl (C=O) groups excluding carboxylic acids is 1. The highest BCUT2D eigenvalue weighted by molar-refractivity contribution is 5.79. The number of nitrogens with zero attached hydrogens (tertiary/aromatic N) is 2. The van der Waals surface area contributed by atoms with Gasteiger partial charge in [0.05, 0.1) is 31.1 Å². The Morgan fingerprint density at radius 2 is 2.00 bits per heavy atom. The molecule has 176 valence electrons. The lowest BCUT2D eigenvalue weighted by atomic mass is 9.92. The van der Waals surface area contributed by atoms with Gasteiger partial charge < -0.3 is 19.5 Å². The van der Waals surface area contributed by atoms with E-state index in [1.165, 1.54) is 0 Å². The van der Waals surface area contributed by atoms with E-state index in [0.717, 1.165) is 37.8 Å². The fourth-order valence-electron chi connectivity index (χ4n) is 4.30. The number of ether oxygens (including phenoxy) is 2. The Hall–Kier alpha value is -2.46. The van der Waals surface area contributed by atoms with Crippen LogP contribution in [0.2, 0.25) is 0 Å². The summed E-state index contributed by atoms with van der Waals surface area (Å²) in [4.78, 5) is 28.3. The Morgan fingerprint density at radius 1 is 1.22 bits per heavy atom.